The van der Waals surface area contributed by atoms with Gasteiger partial charge in [0, 0.05) is 29.7 Å². The van der Waals surface area contributed by atoms with Crippen LogP contribution in [0.3, 0.4) is 0 Å². The molecule has 4 N–H and O–H groups in total. The van der Waals surface area contributed by atoms with Crippen molar-refractivity contribution in [2.75, 3.05) is 0 Å². The summed E-state index contributed by atoms with van der Waals surface area (Å²) in [7, 11) is 0. The highest BCUT2D eigenvalue weighted by molar-refractivity contribution is 7.09. The Morgan fingerprint density at radius 1 is 1.03 bits per heavy atom. The Morgan fingerprint density at radius 3 is 2.22 bits per heavy atom. The molecule has 0 fully saturated rings. The number of hydrogen-bond acceptors (Lipinski definition) is 5. The number of aromatic nitrogens is 2. The normalized spacial score (nSPS) is 10.6. The topological polar surface area (TPSA) is 94.9 Å². The predicted molar refractivity (Wildman–Crippen MR) is 138 cm³/mol. The number of nitrogens with two attached hydrogens (primary N) is 2. The summed E-state index contributed by atoms with van der Waals surface area (Å²) >= 11 is 1.47. The Balaban J connectivity index is 0.00000256. The van der Waals surface area contributed by atoms with Crippen LogP contribution in [0.25, 0.3) is 11.1 Å². The number of halogens is 2. The first-order chi connectivity index (χ1) is 14.3. The third-order valence-corrected chi connectivity index (χ3v) is 6.14. The summed E-state index contributed by atoms with van der Waals surface area (Å²) in [6.45, 7) is 9.03. The van der Waals surface area contributed by atoms with Crippen LogP contribution in [0, 0.1) is 19.8 Å². The lowest BCUT2D eigenvalue weighted by Crippen LogP contribution is -2.14. The molecule has 0 atom stereocenters. The number of hydrogen-bond donors (Lipinski definition) is 2. The van der Waals surface area contributed by atoms with Crippen molar-refractivity contribution >= 4 is 42.1 Å². The summed E-state index contributed by atoms with van der Waals surface area (Å²) in [6, 6.07) is 8.61. The maximum Gasteiger partial charge on any atom is 0.268 e. The third kappa shape index (κ3) is 6.51. The zero-order valence-electron chi connectivity index (χ0n) is 19.0. The number of benzene rings is 1. The number of amides is 1. The van der Waals surface area contributed by atoms with E-state index in [1.807, 2.05) is 0 Å². The van der Waals surface area contributed by atoms with Crippen LogP contribution in [-0.4, -0.2) is 15.9 Å². The molecule has 1 amide bonds. The second-order valence-electron chi connectivity index (χ2n) is 8.13. The van der Waals surface area contributed by atoms with Gasteiger partial charge in [-0.15, -0.1) is 36.2 Å². The summed E-state index contributed by atoms with van der Waals surface area (Å²) < 4.78 is 0. The summed E-state index contributed by atoms with van der Waals surface area (Å²) in [5.74, 6) is 0.0144. The molecule has 0 bridgehead atoms. The quantitative estimate of drug-likeness (QED) is 0.449. The highest BCUT2D eigenvalue weighted by atomic mass is 35.5. The Bertz CT molecular complexity index is 1050. The first kappa shape index (κ1) is 28.0. The molecule has 32 heavy (non-hydrogen) atoms. The van der Waals surface area contributed by atoms with E-state index in [9.17, 15) is 4.79 Å². The molecule has 2 heterocycles. The molecule has 0 saturated carbocycles. The third-order valence-electron chi connectivity index (χ3n) is 5.23. The zero-order valence-corrected chi connectivity index (χ0v) is 21.4. The minimum absolute atomic E-state index is 0. The van der Waals surface area contributed by atoms with Crippen molar-refractivity contribution in [2.45, 2.75) is 53.5 Å². The van der Waals surface area contributed by atoms with Crippen LogP contribution in [-0.2, 0) is 25.8 Å². The predicted octanol–water partition coefficient (Wildman–Crippen LogP) is 5.21. The van der Waals surface area contributed by atoms with Gasteiger partial charge in [0.2, 0.25) is 0 Å². The summed E-state index contributed by atoms with van der Waals surface area (Å²) in [5.41, 5.74) is 20.0. The lowest BCUT2D eigenvalue weighted by molar-refractivity contribution is 0.0996. The van der Waals surface area contributed by atoms with Gasteiger partial charge in [0.25, 0.3) is 5.91 Å². The van der Waals surface area contributed by atoms with E-state index in [0.717, 1.165) is 41.2 Å². The van der Waals surface area contributed by atoms with Gasteiger partial charge in [-0.1, -0.05) is 43.7 Å². The fourth-order valence-corrected chi connectivity index (χ4v) is 4.55. The van der Waals surface area contributed by atoms with Gasteiger partial charge < -0.3 is 11.5 Å². The maximum atomic E-state index is 11.4. The summed E-state index contributed by atoms with van der Waals surface area (Å²) in [4.78, 5) is 20.7. The van der Waals surface area contributed by atoms with E-state index < -0.39 is 5.91 Å². The molecule has 0 aliphatic rings. The van der Waals surface area contributed by atoms with Gasteiger partial charge in [-0.3, -0.25) is 9.78 Å². The molecule has 174 valence electrons. The Hall–Kier alpha value is -1.99. The smallest absolute Gasteiger partial charge is 0.268 e. The molecule has 2 aromatic heterocycles. The van der Waals surface area contributed by atoms with Crippen LogP contribution in [0.15, 0.2) is 29.6 Å². The van der Waals surface area contributed by atoms with Crippen LogP contribution < -0.4 is 11.5 Å². The first-order valence-electron chi connectivity index (χ1n) is 10.3. The van der Waals surface area contributed by atoms with E-state index in [2.05, 4.69) is 56.9 Å². The minimum atomic E-state index is -0.487. The van der Waals surface area contributed by atoms with Crippen molar-refractivity contribution in [3.8, 4) is 11.1 Å². The van der Waals surface area contributed by atoms with Gasteiger partial charge in [0.1, 0.15) is 5.69 Å². The van der Waals surface area contributed by atoms with Gasteiger partial charge in [-0.25, -0.2) is 4.98 Å². The van der Waals surface area contributed by atoms with E-state index in [0.29, 0.717) is 18.2 Å². The fourth-order valence-electron chi connectivity index (χ4n) is 3.77. The molecule has 0 unspecified atom stereocenters. The van der Waals surface area contributed by atoms with Crippen LogP contribution >= 0.6 is 36.2 Å². The SMILES string of the molecule is Cc1ccc(-c2c(CCc3nc(C(N)=O)cs3)c(C)nc(CC(C)C)c2CN)cc1.Cl.Cl. The van der Waals surface area contributed by atoms with Crippen LogP contribution in [0.1, 0.15) is 57.4 Å². The molecule has 3 rings (SSSR count). The van der Waals surface area contributed by atoms with E-state index in [1.54, 1.807) is 5.38 Å². The average molecular weight is 496 g/mol. The highest BCUT2D eigenvalue weighted by Crippen LogP contribution is 2.33. The Kier molecular flexibility index (Phi) is 10.8. The van der Waals surface area contributed by atoms with Gasteiger partial charge in [-0.2, -0.15) is 0 Å². The Morgan fingerprint density at radius 2 is 1.69 bits per heavy atom. The van der Waals surface area contributed by atoms with Crippen molar-refractivity contribution in [1.29, 1.82) is 0 Å². The van der Waals surface area contributed by atoms with E-state index in [1.165, 1.54) is 33.6 Å². The molecule has 0 aliphatic heterocycles. The number of carbonyl (C=O) groups excluding carboxylic acids is 1. The van der Waals surface area contributed by atoms with Crippen molar-refractivity contribution in [3.63, 3.8) is 0 Å². The number of thiazole rings is 1. The molecule has 0 radical (unpaired) electrons. The van der Waals surface area contributed by atoms with Crippen LogP contribution in [0.5, 0.6) is 0 Å². The lowest BCUT2D eigenvalue weighted by Gasteiger charge is -2.21. The van der Waals surface area contributed by atoms with Crippen LogP contribution in [0.4, 0.5) is 0 Å². The molecule has 3 aromatic rings. The van der Waals surface area contributed by atoms with Crippen molar-refractivity contribution in [1.82, 2.24) is 9.97 Å². The second-order valence-corrected chi connectivity index (χ2v) is 9.08. The number of pyridine rings is 1. The monoisotopic (exact) mass is 494 g/mol. The van der Waals surface area contributed by atoms with Gasteiger partial charge in [-0.05, 0) is 54.9 Å². The first-order valence-corrected chi connectivity index (χ1v) is 11.2. The molecule has 0 aliphatic carbocycles. The molecule has 0 spiro atoms. The van der Waals surface area contributed by atoms with Gasteiger partial charge in [0.15, 0.2) is 0 Å². The van der Waals surface area contributed by atoms with E-state index in [4.69, 9.17) is 16.5 Å². The Labute approximate surface area is 206 Å². The second kappa shape index (κ2) is 12.3. The fraction of sp³-hybridized carbons (Fsp3) is 0.375. The van der Waals surface area contributed by atoms with Gasteiger partial charge in [0.05, 0.1) is 5.01 Å². The maximum absolute atomic E-state index is 11.4. The number of aryl methyl sites for hydroxylation is 3. The molecule has 5 nitrogen and oxygen atoms in total. The molecule has 0 saturated heterocycles. The molecule has 1 aromatic carbocycles. The molecular weight excluding hydrogens is 463 g/mol. The highest BCUT2D eigenvalue weighted by Gasteiger charge is 2.19. The standard InChI is InChI=1S/C24H30N4OS.2ClH/c1-14(2)11-20-19(12-25)23(17-7-5-15(3)6-8-17)18(16(4)27-20)9-10-22-28-21(13-30-22)24(26)29;;/h5-8,13-14H,9-12,25H2,1-4H3,(H2,26,29);2*1H. The van der Waals surface area contributed by atoms with E-state index >= 15 is 0 Å². The number of primary amides is 1. The van der Waals surface area contributed by atoms with Gasteiger partial charge >= 0.3 is 0 Å². The number of nitrogens with zero attached hydrogens (tertiary/aromatic N) is 2. The van der Waals surface area contributed by atoms with Crippen LogP contribution in [0.2, 0.25) is 0 Å². The summed E-state index contributed by atoms with van der Waals surface area (Å²) in [5, 5.41) is 2.62. The molecule has 8 heteroatoms. The average Bonchev–Trinajstić information content (AvgIpc) is 3.16. The van der Waals surface area contributed by atoms with Crippen molar-refractivity contribution < 1.29 is 4.79 Å². The van der Waals surface area contributed by atoms with E-state index in [-0.39, 0.29) is 24.8 Å². The number of rotatable bonds is 8. The van der Waals surface area contributed by atoms with Crippen molar-refractivity contribution in [3.05, 3.63) is 68.4 Å². The lowest BCUT2D eigenvalue weighted by atomic mass is 9.88. The minimum Gasteiger partial charge on any atom is -0.364 e. The zero-order chi connectivity index (χ0) is 21.8. The summed E-state index contributed by atoms with van der Waals surface area (Å²) in [6.07, 6.45) is 2.41. The number of carbonyl (C=O) groups is 1. The van der Waals surface area contributed by atoms with Crippen molar-refractivity contribution in [2.24, 2.45) is 17.4 Å². The molecular formula is C24H32Cl2N4OS. The largest absolute Gasteiger partial charge is 0.364 e.